The molecule has 0 spiro atoms. The van der Waals surface area contributed by atoms with Crippen molar-refractivity contribution < 1.29 is 4.79 Å². The molecule has 0 radical (unpaired) electrons. The number of hydrogen-bond donors (Lipinski definition) is 0. The van der Waals surface area contributed by atoms with Gasteiger partial charge in [-0.2, -0.15) is 0 Å². The zero-order valence-corrected chi connectivity index (χ0v) is 13.6. The highest BCUT2D eigenvalue weighted by atomic mass is 16.2. The molecule has 1 aromatic rings. The molecule has 0 aliphatic carbocycles. The first kappa shape index (κ1) is 15.5. The van der Waals surface area contributed by atoms with Crippen molar-refractivity contribution in [3.8, 4) is 0 Å². The van der Waals surface area contributed by atoms with Gasteiger partial charge in [-0.1, -0.05) is 30.3 Å². The summed E-state index contributed by atoms with van der Waals surface area (Å²) in [5, 5.41) is 0. The Morgan fingerprint density at radius 1 is 1.00 bits per heavy atom. The molecular weight excluding hydrogens is 274 g/mol. The van der Waals surface area contributed by atoms with Crippen molar-refractivity contribution in [2.75, 3.05) is 46.3 Å². The van der Waals surface area contributed by atoms with Crippen molar-refractivity contribution in [3.63, 3.8) is 0 Å². The average Bonchev–Trinajstić information content (AvgIpc) is 2.57. The van der Waals surface area contributed by atoms with Crippen LogP contribution in [0.4, 0.5) is 0 Å². The van der Waals surface area contributed by atoms with E-state index in [1.54, 1.807) is 0 Å². The van der Waals surface area contributed by atoms with Crippen molar-refractivity contribution in [3.05, 3.63) is 35.9 Å². The molecule has 0 atom stereocenters. The Hall–Kier alpha value is -1.39. The molecule has 2 fully saturated rings. The topological polar surface area (TPSA) is 26.8 Å². The standard InChI is InChI=1S/C18H27N3O/c1-19-9-7-17(8-10-19)20-11-13-21(14-12-20)18(22)15-16-5-3-2-4-6-16/h2-6,17H,7-15H2,1H3. The first-order valence-electron chi connectivity index (χ1n) is 8.46. The summed E-state index contributed by atoms with van der Waals surface area (Å²) in [6.45, 7) is 6.26. The third-order valence-corrected chi connectivity index (χ3v) is 5.07. The number of piperazine rings is 1. The van der Waals surface area contributed by atoms with Crippen LogP contribution in [0.3, 0.4) is 0 Å². The largest absolute Gasteiger partial charge is 0.340 e. The predicted molar refractivity (Wildman–Crippen MR) is 88.8 cm³/mol. The molecule has 0 bridgehead atoms. The third kappa shape index (κ3) is 3.87. The van der Waals surface area contributed by atoms with Gasteiger partial charge in [-0.15, -0.1) is 0 Å². The van der Waals surface area contributed by atoms with Gasteiger partial charge in [0, 0.05) is 32.2 Å². The highest BCUT2D eigenvalue weighted by molar-refractivity contribution is 5.78. The second kappa shape index (κ2) is 7.25. The van der Waals surface area contributed by atoms with Gasteiger partial charge in [-0.05, 0) is 38.5 Å². The lowest BCUT2D eigenvalue weighted by Gasteiger charge is -2.42. The number of carbonyl (C=O) groups is 1. The fourth-order valence-corrected chi connectivity index (χ4v) is 3.58. The number of nitrogens with zero attached hydrogens (tertiary/aromatic N) is 3. The summed E-state index contributed by atoms with van der Waals surface area (Å²) in [5.41, 5.74) is 1.12. The first-order valence-corrected chi connectivity index (χ1v) is 8.46. The minimum atomic E-state index is 0.272. The summed E-state index contributed by atoms with van der Waals surface area (Å²) in [6, 6.07) is 10.8. The van der Waals surface area contributed by atoms with Gasteiger partial charge in [0.2, 0.25) is 5.91 Å². The van der Waals surface area contributed by atoms with Gasteiger partial charge in [-0.25, -0.2) is 0 Å². The smallest absolute Gasteiger partial charge is 0.227 e. The maximum atomic E-state index is 12.4. The van der Waals surface area contributed by atoms with Gasteiger partial charge in [-0.3, -0.25) is 9.69 Å². The molecule has 0 N–H and O–H groups in total. The minimum Gasteiger partial charge on any atom is -0.340 e. The third-order valence-electron chi connectivity index (χ3n) is 5.07. The number of carbonyl (C=O) groups excluding carboxylic acids is 1. The number of hydrogen-bond acceptors (Lipinski definition) is 3. The molecule has 1 amide bonds. The number of benzene rings is 1. The summed E-state index contributed by atoms with van der Waals surface area (Å²) in [7, 11) is 2.20. The SMILES string of the molecule is CN1CCC(N2CCN(C(=O)Cc3ccccc3)CC2)CC1. The molecule has 4 nitrogen and oxygen atoms in total. The van der Waals surface area contributed by atoms with Gasteiger partial charge in [0.05, 0.1) is 6.42 Å². The molecular formula is C18H27N3O. The van der Waals surface area contributed by atoms with Crippen LogP contribution in [0.25, 0.3) is 0 Å². The van der Waals surface area contributed by atoms with Gasteiger partial charge >= 0.3 is 0 Å². The van der Waals surface area contributed by atoms with E-state index in [0.717, 1.165) is 37.8 Å². The number of rotatable bonds is 3. The molecule has 0 aromatic heterocycles. The number of amides is 1. The lowest BCUT2D eigenvalue weighted by Crippen LogP contribution is -2.54. The van der Waals surface area contributed by atoms with Crippen molar-refractivity contribution in [2.24, 2.45) is 0 Å². The minimum absolute atomic E-state index is 0.272. The van der Waals surface area contributed by atoms with Gasteiger partial charge in [0.25, 0.3) is 0 Å². The summed E-state index contributed by atoms with van der Waals surface area (Å²) in [6.07, 6.45) is 3.08. The predicted octanol–water partition coefficient (Wildman–Crippen LogP) is 1.47. The van der Waals surface area contributed by atoms with Crippen LogP contribution in [0.15, 0.2) is 30.3 Å². The molecule has 2 aliphatic heterocycles. The molecule has 4 heteroatoms. The highest BCUT2D eigenvalue weighted by Crippen LogP contribution is 2.17. The van der Waals surface area contributed by atoms with Crippen LogP contribution in [0.1, 0.15) is 18.4 Å². The maximum Gasteiger partial charge on any atom is 0.227 e. The fraction of sp³-hybridized carbons (Fsp3) is 0.611. The van der Waals surface area contributed by atoms with Crippen LogP contribution in [-0.2, 0) is 11.2 Å². The van der Waals surface area contributed by atoms with Crippen molar-refractivity contribution in [1.82, 2.24) is 14.7 Å². The van der Waals surface area contributed by atoms with E-state index < -0.39 is 0 Å². The monoisotopic (exact) mass is 301 g/mol. The quantitative estimate of drug-likeness (QED) is 0.846. The summed E-state index contributed by atoms with van der Waals surface area (Å²) in [4.78, 5) is 19.4. The van der Waals surface area contributed by atoms with Crippen LogP contribution in [0.5, 0.6) is 0 Å². The molecule has 1 aromatic carbocycles. The summed E-state index contributed by atoms with van der Waals surface area (Å²) >= 11 is 0. The molecule has 0 saturated carbocycles. The maximum absolute atomic E-state index is 12.4. The Labute approximate surface area is 133 Å². The van der Waals surface area contributed by atoms with E-state index in [2.05, 4.69) is 16.8 Å². The summed E-state index contributed by atoms with van der Waals surface area (Å²) in [5.74, 6) is 0.272. The van der Waals surface area contributed by atoms with Crippen LogP contribution in [0.2, 0.25) is 0 Å². The Morgan fingerprint density at radius 2 is 1.64 bits per heavy atom. The highest BCUT2D eigenvalue weighted by Gasteiger charge is 2.27. The molecule has 3 rings (SSSR count). The Kier molecular flexibility index (Phi) is 5.11. The van der Waals surface area contributed by atoms with Crippen LogP contribution < -0.4 is 0 Å². The van der Waals surface area contributed by atoms with Crippen LogP contribution in [-0.4, -0.2) is 73.0 Å². The Bertz CT molecular complexity index is 474. The van der Waals surface area contributed by atoms with E-state index in [9.17, 15) is 4.79 Å². The van der Waals surface area contributed by atoms with Gasteiger partial charge in [0.1, 0.15) is 0 Å². The summed E-state index contributed by atoms with van der Waals surface area (Å²) < 4.78 is 0. The molecule has 22 heavy (non-hydrogen) atoms. The zero-order chi connectivity index (χ0) is 15.4. The normalized spacial score (nSPS) is 22.0. The van der Waals surface area contributed by atoms with E-state index in [1.165, 1.54) is 25.9 Å². The fourth-order valence-electron chi connectivity index (χ4n) is 3.58. The molecule has 2 saturated heterocycles. The number of piperidine rings is 1. The van der Waals surface area contributed by atoms with Crippen molar-refractivity contribution in [2.45, 2.75) is 25.3 Å². The van der Waals surface area contributed by atoms with Gasteiger partial charge in [0.15, 0.2) is 0 Å². The van der Waals surface area contributed by atoms with E-state index in [1.807, 2.05) is 35.2 Å². The average molecular weight is 301 g/mol. The molecule has 0 unspecified atom stereocenters. The van der Waals surface area contributed by atoms with Crippen LogP contribution >= 0.6 is 0 Å². The van der Waals surface area contributed by atoms with E-state index in [4.69, 9.17) is 0 Å². The molecule has 120 valence electrons. The van der Waals surface area contributed by atoms with E-state index in [-0.39, 0.29) is 5.91 Å². The lowest BCUT2D eigenvalue weighted by atomic mass is 10.0. The second-order valence-corrected chi connectivity index (χ2v) is 6.61. The van der Waals surface area contributed by atoms with Gasteiger partial charge < -0.3 is 9.80 Å². The van der Waals surface area contributed by atoms with Crippen molar-refractivity contribution >= 4 is 5.91 Å². The lowest BCUT2D eigenvalue weighted by molar-refractivity contribution is -0.132. The van der Waals surface area contributed by atoms with E-state index in [0.29, 0.717) is 6.42 Å². The first-order chi connectivity index (χ1) is 10.7. The zero-order valence-electron chi connectivity index (χ0n) is 13.6. The van der Waals surface area contributed by atoms with Crippen molar-refractivity contribution in [1.29, 1.82) is 0 Å². The van der Waals surface area contributed by atoms with E-state index >= 15 is 0 Å². The second-order valence-electron chi connectivity index (χ2n) is 6.61. The number of likely N-dealkylation sites (tertiary alicyclic amines) is 1. The van der Waals surface area contributed by atoms with Crippen LogP contribution in [0, 0.1) is 0 Å². The molecule has 2 heterocycles. The molecule has 2 aliphatic rings. The Morgan fingerprint density at radius 3 is 2.27 bits per heavy atom. The Balaban J connectivity index is 1.46.